The van der Waals surface area contributed by atoms with Crippen LogP contribution in [0.1, 0.15) is 19.0 Å². The van der Waals surface area contributed by atoms with Crippen LogP contribution >= 0.6 is 11.3 Å². The summed E-state index contributed by atoms with van der Waals surface area (Å²) >= 11 is 1.49. The first-order valence-corrected chi connectivity index (χ1v) is 8.48. The van der Waals surface area contributed by atoms with E-state index in [1.54, 1.807) is 11.5 Å². The van der Waals surface area contributed by atoms with Crippen LogP contribution in [0.25, 0.3) is 21.9 Å². The monoisotopic (exact) mass is 357 g/mol. The minimum Gasteiger partial charge on any atom is -0.388 e. The Kier molecular flexibility index (Phi) is 3.89. The van der Waals surface area contributed by atoms with Gasteiger partial charge in [0.1, 0.15) is 12.2 Å². The number of hydrogen-bond acceptors (Lipinski definition) is 8. The SMILES string of the molecule is CC#Cc1nc(N)c2nc(-c3cccs3)n([C@@H]3OC[C@@H](O)[C@H]3O)c2n1. The lowest BCUT2D eigenvalue weighted by Gasteiger charge is -2.19. The van der Waals surface area contributed by atoms with Crippen molar-refractivity contribution in [2.24, 2.45) is 0 Å². The molecular formula is C16H15N5O3S. The number of rotatable bonds is 2. The normalized spacial score (nSPS) is 22.9. The Bertz CT molecular complexity index is 989. The van der Waals surface area contributed by atoms with E-state index in [0.29, 0.717) is 17.0 Å². The van der Waals surface area contributed by atoms with Gasteiger partial charge in [-0.3, -0.25) is 4.57 Å². The van der Waals surface area contributed by atoms with Crippen LogP contribution in [0.5, 0.6) is 0 Å². The molecule has 0 radical (unpaired) electrons. The Hall–Kier alpha value is -2.51. The number of nitrogens with two attached hydrogens (primary N) is 1. The number of nitrogens with zero attached hydrogens (tertiary/aromatic N) is 4. The minimum atomic E-state index is -1.10. The Balaban J connectivity index is 2.01. The summed E-state index contributed by atoms with van der Waals surface area (Å²) in [5, 5.41) is 22.1. The average molecular weight is 357 g/mol. The van der Waals surface area contributed by atoms with Crippen molar-refractivity contribution in [3.8, 4) is 22.5 Å². The number of aromatic nitrogens is 4. The summed E-state index contributed by atoms with van der Waals surface area (Å²) in [4.78, 5) is 14.0. The molecule has 0 bridgehead atoms. The summed E-state index contributed by atoms with van der Waals surface area (Å²) in [5.74, 6) is 6.53. The van der Waals surface area contributed by atoms with Crippen LogP contribution in [-0.4, -0.2) is 48.5 Å². The number of aliphatic hydroxyl groups excluding tert-OH is 2. The van der Waals surface area contributed by atoms with Crippen molar-refractivity contribution < 1.29 is 14.9 Å². The van der Waals surface area contributed by atoms with E-state index in [4.69, 9.17) is 10.5 Å². The lowest BCUT2D eigenvalue weighted by atomic mass is 10.2. The minimum absolute atomic E-state index is 0.0254. The van der Waals surface area contributed by atoms with Crippen molar-refractivity contribution in [3.05, 3.63) is 23.3 Å². The Morgan fingerprint density at radius 3 is 2.84 bits per heavy atom. The summed E-state index contributed by atoms with van der Waals surface area (Å²) in [6.07, 6.45) is -2.91. The van der Waals surface area contributed by atoms with E-state index in [0.717, 1.165) is 4.88 Å². The summed E-state index contributed by atoms with van der Waals surface area (Å²) in [6.45, 7) is 1.70. The Morgan fingerprint density at radius 1 is 1.36 bits per heavy atom. The van der Waals surface area contributed by atoms with E-state index >= 15 is 0 Å². The second-order valence-electron chi connectivity index (χ2n) is 5.54. The standard InChI is InChI=1S/C16H15N5O3S/c1-2-4-10-18-13(17)11-15(19-10)21(16-12(23)8(22)7-24-16)14(20-11)9-5-3-6-25-9/h3,5-6,8,12,16,22-23H,7H2,1H3,(H2,17,18,19)/t8-,12-,16-/m1/s1. The maximum absolute atomic E-state index is 10.3. The molecule has 0 amide bonds. The lowest BCUT2D eigenvalue weighted by Crippen LogP contribution is -2.28. The van der Waals surface area contributed by atoms with E-state index < -0.39 is 18.4 Å². The summed E-state index contributed by atoms with van der Waals surface area (Å²) in [5.41, 5.74) is 6.85. The average Bonchev–Trinajstić information content (AvgIpc) is 3.29. The zero-order valence-electron chi connectivity index (χ0n) is 13.2. The van der Waals surface area contributed by atoms with Crippen LogP contribution in [0.4, 0.5) is 5.82 Å². The van der Waals surface area contributed by atoms with E-state index in [1.165, 1.54) is 11.3 Å². The molecule has 3 atom stereocenters. The van der Waals surface area contributed by atoms with Crippen LogP contribution in [0.3, 0.4) is 0 Å². The van der Waals surface area contributed by atoms with Crippen molar-refractivity contribution in [1.29, 1.82) is 0 Å². The number of nitrogen functional groups attached to an aromatic ring is 1. The van der Waals surface area contributed by atoms with Crippen LogP contribution in [0, 0.1) is 11.8 Å². The Labute approximate surface area is 146 Å². The fourth-order valence-corrected chi connectivity index (χ4v) is 3.51. The number of hydrogen-bond donors (Lipinski definition) is 3. The molecule has 0 unspecified atom stereocenters. The van der Waals surface area contributed by atoms with Crippen molar-refractivity contribution in [2.45, 2.75) is 25.4 Å². The first-order chi connectivity index (χ1) is 12.1. The third-order valence-electron chi connectivity index (χ3n) is 3.92. The third-order valence-corrected chi connectivity index (χ3v) is 4.79. The predicted molar refractivity (Wildman–Crippen MR) is 92.6 cm³/mol. The molecular weight excluding hydrogens is 342 g/mol. The van der Waals surface area contributed by atoms with Gasteiger partial charge in [-0.15, -0.1) is 11.3 Å². The molecule has 0 aliphatic carbocycles. The summed E-state index contributed by atoms with van der Waals surface area (Å²) in [6, 6.07) is 3.80. The van der Waals surface area contributed by atoms with Crippen LogP contribution in [0.2, 0.25) is 0 Å². The van der Waals surface area contributed by atoms with Crippen molar-refractivity contribution in [2.75, 3.05) is 12.3 Å². The first kappa shape index (κ1) is 16.0. The quantitative estimate of drug-likeness (QED) is 0.579. The van der Waals surface area contributed by atoms with Gasteiger partial charge in [0.05, 0.1) is 11.5 Å². The van der Waals surface area contributed by atoms with Crippen molar-refractivity contribution in [1.82, 2.24) is 19.5 Å². The predicted octanol–water partition coefficient (Wildman–Crippen LogP) is 0.759. The first-order valence-electron chi connectivity index (χ1n) is 7.60. The molecule has 128 valence electrons. The molecule has 4 heterocycles. The van der Waals surface area contributed by atoms with E-state index in [1.807, 2.05) is 17.5 Å². The lowest BCUT2D eigenvalue weighted by molar-refractivity contribution is -0.0152. The number of ether oxygens (including phenoxy) is 1. The number of anilines is 1. The highest BCUT2D eigenvalue weighted by Gasteiger charge is 2.39. The smallest absolute Gasteiger partial charge is 0.208 e. The van der Waals surface area contributed by atoms with Gasteiger partial charge in [-0.1, -0.05) is 12.0 Å². The second kappa shape index (κ2) is 6.09. The Morgan fingerprint density at radius 2 is 2.20 bits per heavy atom. The highest BCUT2D eigenvalue weighted by molar-refractivity contribution is 7.13. The molecule has 1 fully saturated rings. The number of thiophene rings is 1. The van der Waals surface area contributed by atoms with Gasteiger partial charge in [0.2, 0.25) is 5.82 Å². The van der Waals surface area contributed by atoms with Gasteiger partial charge < -0.3 is 20.7 Å². The number of fused-ring (bicyclic) bond motifs is 1. The van der Waals surface area contributed by atoms with Crippen LogP contribution < -0.4 is 5.73 Å². The molecule has 4 N–H and O–H groups in total. The van der Waals surface area contributed by atoms with Gasteiger partial charge in [-0.25, -0.2) is 15.0 Å². The van der Waals surface area contributed by atoms with Crippen molar-refractivity contribution >= 4 is 28.3 Å². The zero-order chi connectivity index (χ0) is 17.6. The summed E-state index contributed by atoms with van der Waals surface area (Å²) < 4.78 is 7.25. The molecule has 3 aromatic heterocycles. The molecule has 3 aromatic rings. The molecule has 4 rings (SSSR count). The third kappa shape index (κ3) is 2.56. The van der Waals surface area contributed by atoms with E-state index in [-0.39, 0.29) is 18.2 Å². The highest BCUT2D eigenvalue weighted by Crippen LogP contribution is 2.36. The van der Waals surface area contributed by atoms with Gasteiger partial charge in [-0.2, -0.15) is 0 Å². The summed E-state index contributed by atoms with van der Waals surface area (Å²) in [7, 11) is 0. The maximum Gasteiger partial charge on any atom is 0.208 e. The number of aliphatic hydroxyl groups is 2. The molecule has 1 aliphatic rings. The highest BCUT2D eigenvalue weighted by atomic mass is 32.1. The van der Waals surface area contributed by atoms with Gasteiger partial charge in [0.15, 0.2) is 29.0 Å². The molecule has 0 spiro atoms. The largest absolute Gasteiger partial charge is 0.388 e. The molecule has 25 heavy (non-hydrogen) atoms. The zero-order valence-corrected chi connectivity index (χ0v) is 14.1. The fraction of sp³-hybridized carbons (Fsp3) is 0.312. The molecule has 1 aliphatic heterocycles. The fourth-order valence-electron chi connectivity index (χ4n) is 2.80. The van der Waals surface area contributed by atoms with Gasteiger partial charge in [0, 0.05) is 0 Å². The number of imidazole rings is 1. The maximum atomic E-state index is 10.3. The van der Waals surface area contributed by atoms with Crippen molar-refractivity contribution in [3.63, 3.8) is 0 Å². The molecule has 8 nitrogen and oxygen atoms in total. The van der Waals surface area contributed by atoms with Crippen LogP contribution in [0.15, 0.2) is 17.5 Å². The van der Waals surface area contributed by atoms with Gasteiger partial charge in [0.25, 0.3) is 0 Å². The molecule has 9 heteroatoms. The molecule has 1 saturated heterocycles. The van der Waals surface area contributed by atoms with E-state index in [2.05, 4.69) is 26.8 Å². The van der Waals surface area contributed by atoms with Crippen LogP contribution in [-0.2, 0) is 4.74 Å². The van der Waals surface area contributed by atoms with E-state index in [9.17, 15) is 10.2 Å². The molecule has 0 saturated carbocycles. The molecule has 0 aromatic carbocycles. The van der Waals surface area contributed by atoms with Gasteiger partial charge in [-0.05, 0) is 24.3 Å². The second-order valence-corrected chi connectivity index (χ2v) is 6.49. The van der Waals surface area contributed by atoms with Gasteiger partial charge >= 0.3 is 0 Å². The topological polar surface area (TPSA) is 119 Å².